The molecule has 2 aromatic carbocycles. The van der Waals surface area contributed by atoms with E-state index in [1.165, 1.54) is 33.5 Å². The van der Waals surface area contributed by atoms with Gasteiger partial charge in [-0.25, -0.2) is 4.79 Å². The summed E-state index contributed by atoms with van der Waals surface area (Å²) in [5, 5.41) is 13.1. The number of carbonyl (C=O) groups is 2. The van der Waals surface area contributed by atoms with Crippen molar-refractivity contribution in [3.05, 3.63) is 53.7 Å². The van der Waals surface area contributed by atoms with Crippen LogP contribution in [0.2, 0.25) is 0 Å². The third kappa shape index (κ3) is 4.11. The molecule has 0 aliphatic rings. The number of para-hydroxylation sites is 1. The Morgan fingerprint density at radius 3 is 2.31 bits per heavy atom. The molecule has 29 heavy (non-hydrogen) atoms. The van der Waals surface area contributed by atoms with Crippen LogP contribution in [0.1, 0.15) is 15.9 Å². The number of hydrogen-bond donors (Lipinski definition) is 3. The number of hydrogen-bond acceptors (Lipinski definition) is 5. The molecule has 1 amide bonds. The predicted octanol–water partition coefficient (Wildman–Crippen LogP) is 2.62. The van der Waals surface area contributed by atoms with Crippen molar-refractivity contribution in [3.63, 3.8) is 0 Å². The Bertz CT molecular complexity index is 1020. The molecule has 1 atom stereocenters. The van der Waals surface area contributed by atoms with Gasteiger partial charge >= 0.3 is 5.97 Å². The number of carboxylic acids is 1. The van der Waals surface area contributed by atoms with Gasteiger partial charge in [-0.2, -0.15) is 0 Å². The first-order valence-electron chi connectivity index (χ1n) is 8.87. The van der Waals surface area contributed by atoms with Crippen LogP contribution in [0.4, 0.5) is 0 Å². The molecular formula is C21H22N2O6. The number of benzene rings is 2. The SMILES string of the molecule is COc1cc(C(=O)N[C@@H](Cc2c[nH]c3ccccc23)C(=O)O)cc(OC)c1OC. The van der Waals surface area contributed by atoms with E-state index in [4.69, 9.17) is 14.2 Å². The molecule has 0 bridgehead atoms. The van der Waals surface area contributed by atoms with E-state index in [-0.39, 0.29) is 12.0 Å². The Morgan fingerprint density at radius 2 is 1.72 bits per heavy atom. The number of aromatic nitrogens is 1. The highest BCUT2D eigenvalue weighted by atomic mass is 16.5. The molecule has 1 heterocycles. The van der Waals surface area contributed by atoms with Crippen molar-refractivity contribution < 1.29 is 28.9 Å². The first-order chi connectivity index (χ1) is 14.0. The van der Waals surface area contributed by atoms with Gasteiger partial charge in [0.2, 0.25) is 5.75 Å². The van der Waals surface area contributed by atoms with Crippen LogP contribution in [0, 0.1) is 0 Å². The zero-order chi connectivity index (χ0) is 21.0. The molecule has 0 aliphatic carbocycles. The van der Waals surface area contributed by atoms with Crippen molar-refractivity contribution in [3.8, 4) is 17.2 Å². The number of aromatic amines is 1. The van der Waals surface area contributed by atoms with Gasteiger partial charge in [-0.15, -0.1) is 0 Å². The van der Waals surface area contributed by atoms with Gasteiger partial charge in [0, 0.05) is 29.1 Å². The fraction of sp³-hybridized carbons (Fsp3) is 0.238. The third-order valence-corrected chi connectivity index (χ3v) is 4.63. The van der Waals surface area contributed by atoms with Gasteiger partial charge in [-0.3, -0.25) is 4.79 Å². The summed E-state index contributed by atoms with van der Waals surface area (Å²) < 4.78 is 15.7. The minimum atomic E-state index is -1.13. The summed E-state index contributed by atoms with van der Waals surface area (Å²) in [6, 6.07) is 9.42. The lowest BCUT2D eigenvalue weighted by Gasteiger charge is -2.17. The molecule has 1 aromatic heterocycles. The molecule has 8 heteroatoms. The molecule has 0 unspecified atom stereocenters. The number of fused-ring (bicyclic) bond motifs is 1. The van der Waals surface area contributed by atoms with E-state index < -0.39 is 17.9 Å². The predicted molar refractivity (Wildman–Crippen MR) is 107 cm³/mol. The lowest BCUT2D eigenvalue weighted by molar-refractivity contribution is -0.139. The molecule has 8 nitrogen and oxygen atoms in total. The Balaban J connectivity index is 1.86. The summed E-state index contributed by atoms with van der Waals surface area (Å²) in [5.41, 5.74) is 1.91. The van der Waals surface area contributed by atoms with Crippen molar-refractivity contribution >= 4 is 22.8 Å². The largest absolute Gasteiger partial charge is 0.493 e. The molecule has 0 saturated carbocycles. The number of H-pyrrole nitrogens is 1. The van der Waals surface area contributed by atoms with Crippen LogP contribution in [0.3, 0.4) is 0 Å². The minimum absolute atomic E-state index is 0.134. The van der Waals surface area contributed by atoms with Crippen molar-refractivity contribution in [2.75, 3.05) is 21.3 Å². The molecule has 3 N–H and O–H groups in total. The van der Waals surface area contributed by atoms with Gasteiger partial charge in [0.25, 0.3) is 5.91 Å². The van der Waals surface area contributed by atoms with Crippen LogP contribution in [-0.2, 0) is 11.2 Å². The van der Waals surface area contributed by atoms with Crippen molar-refractivity contribution in [1.82, 2.24) is 10.3 Å². The zero-order valence-electron chi connectivity index (χ0n) is 16.3. The van der Waals surface area contributed by atoms with E-state index in [1.54, 1.807) is 6.20 Å². The van der Waals surface area contributed by atoms with E-state index in [0.717, 1.165) is 16.5 Å². The van der Waals surface area contributed by atoms with Crippen LogP contribution in [0.15, 0.2) is 42.6 Å². The zero-order valence-corrected chi connectivity index (χ0v) is 16.3. The number of carboxylic acid groups (broad SMARTS) is 1. The smallest absolute Gasteiger partial charge is 0.326 e. The highest BCUT2D eigenvalue weighted by molar-refractivity contribution is 5.98. The van der Waals surface area contributed by atoms with Crippen LogP contribution in [-0.4, -0.2) is 49.3 Å². The Morgan fingerprint density at radius 1 is 1.07 bits per heavy atom. The van der Waals surface area contributed by atoms with Crippen LogP contribution in [0.25, 0.3) is 10.9 Å². The Hall–Kier alpha value is -3.68. The molecule has 0 fully saturated rings. The molecule has 0 aliphatic heterocycles. The lowest BCUT2D eigenvalue weighted by Crippen LogP contribution is -2.42. The second kappa shape index (κ2) is 8.55. The van der Waals surface area contributed by atoms with Gasteiger partial charge in [-0.05, 0) is 23.8 Å². The van der Waals surface area contributed by atoms with Gasteiger partial charge in [0.1, 0.15) is 6.04 Å². The third-order valence-electron chi connectivity index (χ3n) is 4.63. The average molecular weight is 398 g/mol. The maximum atomic E-state index is 12.8. The van der Waals surface area contributed by atoms with E-state index in [1.807, 2.05) is 24.3 Å². The molecule has 3 aromatic rings. The number of aliphatic carboxylic acids is 1. The molecule has 0 saturated heterocycles. The second-order valence-corrected chi connectivity index (χ2v) is 6.34. The quantitative estimate of drug-likeness (QED) is 0.538. The standard InChI is InChI=1S/C21H22N2O6/c1-27-17-9-12(10-18(28-2)19(17)29-3)20(24)23-16(21(25)26)8-13-11-22-15-7-5-4-6-14(13)15/h4-7,9-11,16,22H,8H2,1-3H3,(H,23,24)(H,25,26)/t16-/m0/s1. The number of methoxy groups -OCH3 is 3. The number of ether oxygens (including phenoxy) is 3. The minimum Gasteiger partial charge on any atom is -0.493 e. The van der Waals surface area contributed by atoms with Crippen LogP contribution < -0.4 is 19.5 Å². The monoisotopic (exact) mass is 398 g/mol. The highest BCUT2D eigenvalue weighted by Gasteiger charge is 2.24. The lowest BCUT2D eigenvalue weighted by atomic mass is 10.0. The number of nitrogens with one attached hydrogen (secondary N) is 2. The normalized spacial score (nSPS) is 11.7. The highest BCUT2D eigenvalue weighted by Crippen LogP contribution is 2.38. The topological polar surface area (TPSA) is 110 Å². The summed E-state index contributed by atoms with van der Waals surface area (Å²) >= 11 is 0. The van der Waals surface area contributed by atoms with E-state index in [2.05, 4.69) is 10.3 Å². The first-order valence-corrected chi connectivity index (χ1v) is 8.87. The summed E-state index contributed by atoms with van der Waals surface area (Å²) in [6.45, 7) is 0. The number of carbonyl (C=O) groups excluding carboxylic acids is 1. The number of amides is 1. The second-order valence-electron chi connectivity index (χ2n) is 6.34. The van der Waals surface area contributed by atoms with Crippen molar-refractivity contribution in [2.24, 2.45) is 0 Å². The molecular weight excluding hydrogens is 376 g/mol. The Kier molecular flexibility index (Phi) is 5.92. The average Bonchev–Trinajstić information content (AvgIpc) is 3.14. The van der Waals surface area contributed by atoms with Gasteiger partial charge in [0.15, 0.2) is 11.5 Å². The van der Waals surface area contributed by atoms with Crippen molar-refractivity contribution in [1.29, 1.82) is 0 Å². The van der Waals surface area contributed by atoms with Gasteiger partial charge in [-0.1, -0.05) is 18.2 Å². The Labute approximate surface area is 167 Å². The number of rotatable bonds is 8. The summed E-state index contributed by atoms with van der Waals surface area (Å²) in [4.78, 5) is 27.6. The molecule has 152 valence electrons. The van der Waals surface area contributed by atoms with Gasteiger partial charge in [0.05, 0.1) is 21.3 Å². The molecule has 0 spiro atoms. The summed E-state index contributed by atoms with van der Waals surface area (Å²) in [5.74, 6) is -0.728. The van der Waals surface area contributed by atoms with Crippen LogP contribution >= 0.6 is 0 Å². The van der Waals surface area contributed by atoms with E-state index >= 15 is 0 Å². The molecule has 3 rings (SSSR count). The van der Waals surface area contributed by atoms with E-state index in [9.17, 15) is 14.7 Å². The van der Waals surface area contributed by atoms with E-state index in [0.29, 0.717) is 17.2 Å². The van der Waals surface area contributed by atoms with Gasteiger partial charge < -0.3 is 29.6 Å². The fourth-order valence-corrected chi connectivity index (χ4v) is 3.17. The maximum absolute atomic E-state index is 12.8. The first kappa shape index (κ1) is 20.1. The van der Waals surface area contributed by atoms with Crippen molar-refractivity contribution in [2.45, 2.75) is 12.5 Å². The maximum Gasteiger partial charge on any atom is 0.326 e. The summed E-state index contributed by atoms with van der Waals surface area (Å²) in [7, 11) is 4.34. The fourth-order valence-electron chi connectivity index (χ4n) is 3.17. The summed E-state index contributed by atoms with van der Waals surface area (Å²) in [6.07, 6.45) is 1.89. The molecule has 0 radical (unpaired) electrons. The van der Waals surface area contributed by atoms with Crippen LogP contribution in [0.5, 0.6) is 17.2 Å².